The van der Waals surface area contributed by atoms with Crippen LogP contribution >= 0.6 is 11.3 Å². The van der Waals surface area contributed by atoms with Gasteiger partial charge in [0.15, 0.2) is 11.6 Å². The molecule has 5 nitrogen and oxygen atoms in total. The van der Waals surface area contributed by atoms with Crippen LogP contribution in [-0.2, 0) is 6.54 Å². The number of thiophene rings is 1. The molecule has 1 aromatic carbocycles. The highest BCUT2D eigenvalue weighted by molar-refractivity contribution is 7.16. The highest BCUT2D eigenvalue weighted by Gasteiger charge is 2.11. The number of ether oxygens (including phenoxy) is 1. The highest BCUT2D eigenvalue weighted by Crippen LogP contribution is 2.16. The number of hydrogen-bond acceptors (Lipinski definition) is 5. The van der Waals surface area contributed by atoms with Crippen LogP contribution in [0.4, 0.5) is 4.39 Å². The molecule has 0 unspecified atom stereocenters. The van der Waals surface area contributed by atoms with Crippen LogP contribution in [0.3, 0.4) is 0 Å². The smallest absolute Gasteiger partial charge is 0.262 e. The molecule has 0 amide bonds. The molecule has 0 fully saturated rings. The summed E-state index contributed by atoms with van der Waals surface area (Å²) in [5.74, 6) is -0.423. The van der Waals surface area contributed by atoms with Gasteiger partial charge in [-0.05, 0) is 23.6 Å². The predicted octanol–water partition coefficient (Wildman–Crippen LogP) is 2.04. The number of nitrogens with zero attached hydrogens (tertiary/aromatic N) is 2. The summed E-state index contributed by atoms with van der Waals surface area (Å²) in [6.07, 6.45) is 0.447. The lowest BCUT2D eigenvalue weighted by molar-refractivity contribution is 0.0895. The average Bonchev–Trinajstić information content (AvgIpc) is 2.99. The fourth-order valence-corrected chi connectivity index (χ4v) is 2.77. The number of aliphatic hydroxyl groups is 1. The predicted molar refractivity (Wildman–Crippen MR) is 81.8 cm³/mol. The van der Waals surface area contributed by atoms with Crippen molar-refractivity contribution in [3.63, 3.8) is 0 Å². The summed E-state index contributed by atoms with van der Waals surface area (Å²) in [6, 6.07) is 7.66. The first-order valence-electron chi connectivity index (χ1n) is 6.63. The summed E-state index contributed by atoms with van der Waals surface area (Å²) < 4.78 is 19.9. The van der Waals surface area contributed by atoms with Gasteiger partial charge in [-0.25, -0.2) is 9.37 Å². The average molecular weight is 320 g/mol. The van der Waals surface area contributed by atoms with Crippen molar-refractivity contribution in [3.05, 3.63) is 58.2 Å². The molecule has 114 valence electrons. The van der Waals surface area contributed by atoms with Crippen molar-refractivity contribution in [1.29, 1.82) is 0 Å². The first-order valence-corrected chi connectivity index (χ1v) is 7.51. The summed E-state index contributed by atoms with van der Waals surface area (Å²) in [5.41, 5.74) is -0.212. The van der Waals surface area contributed by atoms with Gasteiger partial charge in [0.25, 0.3) is 5.56 Å². The first kappa shape index (κ1) is 14.7. The second-order valence-corrected chi connectivity index (χ2v) is 5.63. The lowest BCUT2D eigenvalue weighted by atomic mass is 10.3. The maximum absolute atomic E-state index is 13.4. The van der Waals surface area contributed by atoms with E-state index in [9.17, 15) is 14.3 Å². The van der Waals surface area contributed by atoms with Gasteiger partial charge in [0.05, 0.1) is 18.3 Å². The van der Waals surface area contributed by atoms with Gasteiger partial charge in [0.2, 0.25) is 0 Å². The normalized spacial score (nSPS) is 12.5. The number of aromatic nitrogens is 2. The van der Waals surface area contributed by atoms with Crippen LogP contribution in [0.1, 0.15) is 0 Å². The van der Waals surface area contributed by atoms with Gasteiger partial charge in [0.1, 0.15) is 17.5 Å². The van der Waals surface area contributed by atoms with Gasteiger partial charge in [-0.2, -0.15) is 0 Å². The topological polar surface area (TPSA) is 64.4 Å². The molecule has 0 bridgehead atoms. The molecule has 2 heterocycles. The Morgan fingerprint density at radius 3 is 3.00 bits per heavy atom. The SMILES string of the molecule is O=c1c2ccsc2ncn1C[C@H](O)COc1ccccc1F. The van der Waals surface area contributed by atoms with Gasteiger partial charge in [-0.15, -0.1) is 11.3 Å². The lowest BCUT2D eigenvalue weighted by Crippen LogP contribution is -2.30. The maximum Gasteiger partial charge on any atom is 0.262 e. The van der Waals surface area contributed by atoms with Crippen molar-refractivity contribution < 1.29 is 14.2 Å². The first-order chi connectivity index (χ1) is 10.6. The number of para-hydroxylation sites is 1. The summed E-state index contributed by atoms with van der Waals surface area (Å²) in [4.78, 5) is 17.0. The fourth-order valence-electron chi connectivity index (χ4n) is 2.05. The quantitative estimate of drug-likeness (QED) is 0.781. The van der Waals surface area contributed by atoms with Crippen molar-refractivity contribution in [1.82, 2.24) is 9.55 Å². The van der Waals surface area contributed by atoms with E-state index in [-0.39, 0.29) is 24.5 Å². The van der Waals surface area contributed by atoms with Crippen LogP contribution in [0.25, 0.3) is 10.2 Å². The molecule has 0 aliphatic rings. The van der Waals surface area contributed by atoms with E-state index >= 15 is 0 Å². The summed E-state index contributed by atoms with van der Waals surface area (Å²) in [7, 11) is 0. The van der Waals surface area contributed by atoms with Gasteiger partial charge >= 0.3 is 0 Å². The summed E-state index contributed by atoms with van der Waals surface area (Å²) in [6.45, 7) is -0.0822. The van der Waals surface area contributed by atoms with Gasteiger partial charge in [-0.1, -0.05) is 12.1 Å². The second kappa shape index (κ2) is 6.25. The largest absolute Gasteiger partial charge is 0.488 e. The minimum atomic E-state index is -0.949. The summed E-state index contributed by atoms with van der Waals surface area (Å²) >= 11 is 1.38. The Kier molecular flexibility index (Phi) is 4.17. The Bertz CT molecular complexity index is 846. The third kappa shape index (κ3) is 3.00. The molecule has 22 heavy (non-hydrogen) atoms. The van der Waals surface area contributed by atoms with E-state index in [0.29, 0.717) is 10.2 Å². The molecule has 3 aromatic rings. The zero-order valence-electron chi connectivity index (χ0n) is 11.5. The zero-order valence-corrected chi connectivity index (χ0v) is 12.3. The fraction of sp³-hybridized carbons (Fsp3) is 0.200. The van der Waals surface area contributed by atoms with Crippen LogP contribution < -0.4 is 10.3 Å². The van der Waals surface area contributed by atoms with Gasteiger partial charge in [-0.3, -0.25) is 9.36 Å². The number of benzene rings is 1. The molecule has 0 aliphatic heterocycles. The third-order valence-electron chi connectivity index (χ3n) is 3.13. The van der Waals surface area contributed by atoms with Crippen molar-refractivity contribution in [2.45, 2.75) is 12.6 Å². The standard InChI is InChI=1S/C15H13FN2O3S/c16-12-3-1-2-4-13(12)21-8-10(19)7-18-9-17-14-11(15(18)20)5-6-22-14/h1-6,9-10,19H,7-8H2/t10-/m0/s1. The Balaban J connectivity index is 1.68. The van der Waals surface area contributed by atoms with Gasteiger partial charge < -0.3 is 9.84 Å². The number of fused-ring (bicyclic) bond motifs is 1. The maximum atomic E-state index is 13.4. The number of aliphatic hydroxyl groups excluding tert-OH is 1. The molecular weight excluding hydrogens is 307 g/mol. The van der Waals surface area contributed by atoms with Crippen LogP contribution in [-0.4, -0.2) is 27.4 Å². The van der Waals surface area contributed by atoms with Crippen molar-refractivity contribution in [3.8, 4) is 5.75 Å². The minimum Gasteiger partial charge on any atom is -0.488 e. The van der Waals surface area contributed by atoms with E-state index in [2.05, 4.69) is 4.98 Å². The lowest BCUT2D eigenvalue weighted by Gasteiger charge is -2.14. The van der Waals surface area contributed by atoms with E-state index in [1.165, 1.54) is 34.4 Å². The number of rotatable bonds is 5. The Morgan fingerprint density at radius 1 is 1.36 bits per heavy atom. The molecule has 1 N–H and O–H groups in total. The van der Waals surface area contributed by atoms with Crippen LogP contribution in [0.2, 0.25) is 0 Å². The third-order valence-corrected chi connectivity index (χ3v) is 3.95. The monoisotopic (exact) mass is 320 g/mol. The molecule has 0 saturated carbocycles. The van der Waals surface area contributed by atoms with E-state index < -0.39 is 11.9 Å². The van der Waals surface area contributed by atoms with Crippen molar-refractivity contribution in [2.75, 3.05) is 6.61 Å². The Morgan fingerprint density at radius 2 is 2.18 bits per heavy atom. The van der Waals surface area contributed by atoms with E-state index in [0.717, 1.165) is 0 Å². The van der Waals surface area contributed by atoms with Crippen LogP contribution in [0.5, 0.6) is 5.75 Å². The molecule has 0 aliphatic carbocycles. The van der Waals surface area contributed by atoms with E-state index in [1.54, 1.807) is 23.6 Å². The molecule has 0 saturated heterocycles. The summed E-state index contributed by atoms with van der Waals surface area (Å²) in [5, 5.41) is 12.3. The second-order valence-electron chi connectivity index (χ2n) is 4.74. The zero-order chi connectivity index (χ0) is 15.5. The molecule has 3 rings (SSSR count). The molecular formula is C15H13FN2O3S. The number of hydrogen-bond donors (Lipinski definition) is 1. The molecule has 2 aromatic heterocycles. The molecule has 1 atom stereocenters. The van der Waals surface area contributed by atoms with Crippen molar-refractivity contribution >= 4 is 21.6 Å². The highest BCUT2D eigenvalue weighted by atomic mass is 32.1. The van der Waals surface area contributed by atoms with Crippen LogP contribution in [0.15, 0.2) is 46.8 Å². The molecule has 0 radical (unpaired) electrons. The Labute approximate surface area is 129 Å². The van der Waals surface area contributed by atoms with Crippen molar-refractivity contribution in [2.24, 2.45) is 0 Å². The molecule has 7 heteroatoms. The van der Waals surface area contributed by atoms with E-state index in [4.69, 9.17) is 4.74 Å². The minimum absolute atomic E-state index is 0.0338. The van der Waals surface area contributed by atoms with Crippen LogP contribution in [0, 0.1) is 5.82 Å². The van der Waals surface area contributed by atoms with Gasteiger partial charge in [0, 0.05) is 0 Å². The van der Waals surface area contributed by atoms with E-state index in [1.807, 2.05) is 0 Å². The molecule has 0 spiro atoms. The Hall–Kier alpha value is -2.25. The number of halogens is 1.